The van der Waals surface area contributed by atoms with Crippen molar-refractivity contribution in [2.45, 2.75) is 76.5 Å². The van der Waals surface area contributed by atoms with Gasteiger partial charge in [0.25, 0.3) is 0 Å². The lowest BCUT2D eigenvalue weighted by Crippen LogP contribution is -2.50. The van der Waals surface area contributed by atoms with Gasteiger partial charge >= 0.3 is 0 Å². The summed E-state index contributed by atoms with van der Waals surface area (Å²) in [5, 5.41) is 0. The van der Waals surface area contributed by atoms with Gasteiger partial charge in [0.15, 0.2) is 17.9 Å². The van der Waals surface area contributed by atoms with Gasteiger partial charge in [0.1, 0.15) is 11.5 Å². The van der Waals surface area contributed by atoms with Crippen LogP contribution >= 0.6 is 0 Å². The third kappa shape index (κ3) is 2.86. The first-order valence-corrected chi connectivity index (χ1v) is 12.1. The van der Waals surface area contributed by atoms with Crippen LogP contribution in [0.3, 0.4) is 0 Å². The fourth-order valence-corrected chi connectivity index (χ4v) is 7.31. The molecule has 0 aromatic heterocycles. The van der Waals surface area contributed by atoms with Gasteiger partial charge in [0.2, 0.25) is 0 Å². The minimum atomic E-state index is -0.830. The molecule has 6 heteroatoms. The minimum Gasteiger partial charge on any atom is -0.381 e. The van der Waals surface area contributed by atoms with Crippen molar-refractivity contribution in [2.75, 3.05) is 19.8 Å². The van der Waals surface area contributed by atoms with Gasteiger partial charge in [0, 0.05) is 13.2 Å². The number of ether oxygens (including phenoxy) is 4. The van der Waals surface area contributed by atoms with Crippen molar-refractivity contribution >= 4 is 11.6 Å². The number of fused-ring (bicyclic) bond motifs is 5. The molecule has 6 rings (SSSR count). The third-order valence-electron chi connectivity index (χ3n) is 8.61. The summed E-state index contributed by atoms with van der Waals surface area (Å²) in [7, 11) is 0. The normalized spacial score (nSPS) is 41.6. The van der Waals surface area contributed by atoms with Crippen molar-refractivity contribution in [2.24, 2.45) is 17.8 Å². The lowest BCUT2D eigenvalue weighted by molar-refractivity contribution is -0.204. The van der Waals surface area contributed by atoms with Gasteiger partial charge in [-0.25, -0.2) is 0 Å². The molecule has 4 aliphatic heterocycles. The number of rotatable bonds is 3. The molecule has 0 spiro atoms. The number of hydrogen-bond donors (Lipinski definition) is 0. The molecule has 4 heterocycles. The highest BCUT2D eigenvalue weighted by Crippen LogP contribution is 2.60. The summed E-state index contributed by atoms with van der Waals surface area (Å²) in [5.41, 5.74) is 3.24. The van der Waals surface area contributed by atoms with Gasteiger partial charge in [-0.3, -0.25) is 9.59 Å². The predicted molar refractivity (Wildman–Crippen MR) is 115 cm³/mol. The quantitative estimate of drug-likeness (QED) is 0.673. The molecule has 7 atom stereocenters. The molecule has 5 aliphatic rings. The first kappa shape index (κ1) is 21.0. The van der Waals surface area contributed by atoms with E-state index in [9.17, 15) is 9.59 Å². The van der Waals surface area contributed by atoms with E-state index in [1.54, 1.807) is 0 Å². The zero-order chi connectivity index (χ0) is 22.2. The Bertz CT molecular complexity index is 942. The summed E-state index contributed by atoms with van der Waals surface area (Å²) in [6.07, 6.45) is 2.65. The van der Waals surface area contributed by atoms with Crippen molar-refractivity contribution < 1.29 is 28.5 Å². The number of aryl methyl sites for hydroxylation is 3. The van der Waals surface area contributed by atoms with Crippen molar-refractivity contribution in [1.29, 1.82) is 0 Å². The maximum absolute atomic E-state index is 13.9. The Morgan fingerprint density at radius 3 is 2.38 bits per heavy atom. The van der Waals surface area contributed by atoms with E-state index in [2.05, 4.69) is 12.1 Å². The van der Waals surface area contributed by atoms with E-state index in [1.165, 1.54) is 0 Å². The van der Waals surface area contributed by atoms with E-state index in [0.717, 1.165) is 54.7 Å². The number of carbonyl (C=O) groups excluding carboxylic acids is 2. The molecule has 1 aromatic rings. The summed E-state index contributed by atoms with van der Waals surface area (Å²) in [6.45, 7) is 8.09. The first-order valence-electron chi connectivity index (χ1n) is 12.1. The van der Waals surface area contributed by atoms with E-state index < -0.39 is 23.7 Å². The van der Waals surface area contributed by atoms with Gasteiger partial charge in [0.05, 0.1) is 30.7 Å². The summed E-state index contributed by atoms with van der Waals surface area (Å²) in [4.78, 5) is 27.5. The maximum Gasteiger partial charge on any atom is 0.187 e. The van der Waals surface area contributed by atoms with E-state index in [4.69, 9.17) is 18.9 Å². The van der Waals surface area contributed by atoms with E-state index >= 15 is 0 Å². The molecule has 3 unspecified atom stereocenters. The molecule has 5 fully saturated rings. The highest BCUT2D eigenvalue weighted by Gasteiger charge is 2.73. The fourth-order valence-electron chi connectivity index (χ4n) is 7.31. The molecule has 1 saturated carbocycles. The van der Waals surface area contributed by atoms with Crippen molar-refractivity contribution in [3.8, 4) is 0 Å². The molecule has 4 saturated heterocycles. The van der Waals surface area contributed by atoms with Crippen LogP contribution in [-0.4, -0.2) is 55.5 Å². The van der Waals surface area contributed by atoms with E-state index in [0.29, 0.717) is 18.9 Å². The van der Waals surface area contributed by atoms with Crippen molar-refractivity contribution in [3.05, 3.63) is 34.4 Å². The second-order valence-electron chi connectivity index (χ2n) is 10.5. The predicted octanol–water partition coefficient (Wildman–Crippen LogP) is 3.18. The zero-order valence-electron chi connectivity index (χ0n) is 19.1. The molecule has 0 N–H and O–H groups in total. The smallest absolute Gasteiger partial charge is 0.187 e. The lowest BCUT2D eigenvalue weighted by Gasteiger charge is -2.36. The molecular weight excluding hydrogens is 408 g/mol. The van der Waals surface area contributed by atoms with Crippen LogP contribution in [0.5, 0.6) is 0 Å². The SMILES string of the molecule is Cc1cc(C)c(C2C(=O)[C@H]3[C@@H]4CC[C@@](C5OCC(C6CCOCC6)O5)(O4)[C@H]3C2=O)c(C)c1. The average Bonchev–Trinajstić information content (AvgIpc) is 3.53. The van der Waals surface area contributed by atoms with Crippen LogP contribution in [0.4, 0.5) is 0 Å². The van der Waals surface area contributed by atoms with Crippen LogP contribution in [-0.2, 0) is 28.5 Å². The van der Waals surface area contributed by atoms with Crippen LogP contribution in [0, 0.1) is 38.5 Å². The van der Waals surface area contributed by atoms with Crippen LogP contribution in [0.25, 0.3) is 0 Å². The molecule has 172 valence electrons. The van der Waals surface area contributed by atoms with Crippen molar-refractivity contribution in [3.63, 3.8) is 0 Å². The topological polar surface area (TPSA) is 71.1 Å². The lowest BCUT2D eigenvalue weighted by atomic mass is 9.72. The summed E-state index contributed by atoms with van der Waals surface area (Å²) < 4.78 is 24.5. The monoisotopic (exact) mass is 440 g/mol. The molecular formula is C26H32O6. The van der Waals surface area contributed by atoms with Gasteiger partial charge < -0.3 is 18.9 Å². The molecule has 2 bridgehead atoms. The van der Waals surface area contributed by atoms with Gasteiger partial charge in [-0.05, 0) is 69.1 Å². The summed E-state index contributed by atoms with van der Waals surface area (Å²) in [6, 6.07) is 4.14. The Labute approximate surface area is 188 Å². The number of ketones is 2. The second-order valence-corrected chi connectivity index (χ2v) is 10.5. The Morgan fingerprint density at radius 1 is 0.938 bits per heavy atom. The molecule has 0 amide bonds. The van der Waals surface area contributed by atoms with E-state index in [1.807, 2.05) is 20.8 Å². The van der Waals surface area contributed by atoms with Gasteiger partial charge in [-0.2, -0.15) is 0 Å². The molecule has 32 heavy (non-hydrogen) atoms. The van der Waals surface area contributed by atoms with Crippen LogP contribution in [0.15, 0.2) is 12.1 Å². The molecule has 1 aromatic carbocycles. The largest absolute Gasteiger partial charge is 0.381 e. The van der Waals surface area contributed by atoms with Crippen LogP contribution < -0.4 is 0 Å². The minimum absolute atomic E-state index is 0.000954. The van der Waals surface area contributed by atoms with Gasteiger partial charge in [-0.1, -0.05) is 17.7 Å². The molecule has 1 aliphatic carbocycles. The Morgan fingerprint density at radius 2 is 1.66 bits per heavy atom. The highest BCUT2D eigenvalue weighted by molar-refractivity contribution is 6.17. The highest BCUT2D eigenvalue weighted by atomic mass is 16.7. The first-order chi connectivity index (χ1) is 15.4. The zero-order valence-corrected chi connectivity index (χ0v) is 19.1. The molecule has 0 radical (unpaired) electrons. The van der Waals surface area contributed by atoms with Gasteiger partial charge in [-0.15, -0.1) is 0 Å². The third-order valence-corrected chi connectivity index (χ3v) is 8.61. The maximum atomic E-state index is 13.9. The fraction of sp³-hybridized carbons (Fsp3) is 0.692. The van der Waals surface area contributed by atoms with Crippen molar-refractivity contribution in [1.82, 2.24) is 0 Å². The standard InChI is InChI=1S/C26H32O6/c1-13-10-14(2)19(15(3)11-13)21-23(27)20-17-4-7-26(32-17,22(20)24(21)28)25-30-12-18(31-25)16-5-8-29-9-6-16/h10-11,16-18,20-22,25H,4-9,12H2,1-3H3/t17-,18?,20-,21?,22+,25?,26+/m0/s1. The van der Waals surface area contributed by atoms with Crippen LogP contribution in [0.2, 0.25) is 0 Å². The second kappa shape index (κ2) is 7.45. The summed E-state index contributed by atoms with van der Waals surface area (Å²) in [5.74, 6) is -1.11. The molecule has 6 nitrogen and oxygen atoms in total. The Kier molecular flexibility index (Phi) is 4.88. The average molecular weight is 441 g/mol. The number of hydrogen-bond acceptors (Lipinski definition) is 6. The van der Waals surface area contributed by atoms with E-state index in [-0.39, 0.29) is 29.7 Å². The number of benzene rings is 1. The Balaban J connectivity index is 1.31. The number of carbonyl (C=O) groups is 2. The van der Waals surface area contributed by atoms with Crippen LogP contribution in [0.1, 0.15) is 53.9 Å². The Hall–Kier alpha value is -1.60. The number of Topliss-reactive ketones (excluding diaryl/α,β-unsaturated/α-hetero) is 2. The summed E-state index contributed by atoms with van der Waals surface area (Å²) >= 11 is 0.